The van der Waals surface area contributed by atoms with Gasteiger partial charge >= 0.3 is 0 Å². The second kappa shape index (κ2) is 5.21. The van der Waals surface area contributed by atoms with Crippen LogP contribution < -0.4 is 0 Å². The van der Waals surface area contributed by atoms with Crippen molar-refractivity contribution in [1.29, 1.82) is 0 Å². The van der Waals surface area contributed by atoms with E-state index in [0.29, 0.717) is 21.2 Å². The molecule has 0 spiro atoms. The Bertz CT molecular complexity index is 993. The molecule has 1 heterocycles. The summed E-state index contributed by atoms with van der Waals surface area (Å²) in [7, 11) is -3.79. The highest BCUT2D eigenvalue weighted by atomic mass is 79.9. The van der Waals surface area contributed by atoms with Gasteiger partial charge in [0.1, 0.15) is 5.82 Å². The van der Waals surface area contributed by atoms with Gasteiger partial charge in [0.05, 0.1) is 10.4 Å². The zero-order valence-electron chi connectivity index (χ0n) is 12.0. The van der Waals surface area contributed by atoms with Crippen LogP contribution in [0.4, 0.5) is 4.39 Å². The number of rotatable bonds is 2. The van der Waals surface area contributed by atoms with Gasteiger partial charge in [-0.1, -0.05) is 34.1 Å². The first-order valence-corrected chi connectivity index (χ1v) is 8.84. The number of aromatic nitrogens is 1. The number of hydrogen-bond acceptors (Lipinski definition) is 2. The molecule has 3 nitrogen and oxygen atoms in total. The molecule has 0 radical (unpaired) electrons. The van der Waals surface area contributed by atoms with Crippen molar-refractivity contribution < 1.29 is 12.8 Å². The van der Waals surface area contributed by atoms with Crippen LogP contribution in [0.3, 0.4) is 0 Å². The van der Waals surface area contributed by atoms with Gasteiger partial charge in [-0.05, 0) is 43.7 Å². The molecule has 6 heteroatoms. The maximum absolute atomic E-state index is 14.1. The van der Waals surface area contributed by atoms with Gasteiger partial charge in [-0.25, -0.2) is 16.8 Å². The second-order valence-electron chi connectivity index (χ2n) is 5.14. The van der Waals surface area contributed by atoms with Crippen molar-refractivity contribution in [3.8, 4) is 0 Å². The molecule has 0 fully saturated rings. The second-order valence-corrected chi connectivity index (χ2v) is 7.81. The number of hydrogen-bond donors (Lipinski definition) is 0. The van der Waals surface area contributed by atoms with Gasteiger partial charge in [-0.2, -0.15) is 0 Å². The van der Waals surface area contributed by atoms with Gasteiger partial charge in [-0.15, -0.1) is 0 Å². The number of aryl methyl sites for hydroxylation is 2. The monoisotopic (exact) mass is 381 g/mol. The van der Waals surface area contributed by atoms with E-state index in [9.17, 15) is 12.8 Å². The third-order valence-electron chi connectivity index (χ3n) is 3.58. The third-order valence-corrected chi connectivity index (χ3v) is 6.01. The molecule has 0 unspecified atom stereocenters. The molecular weight excluding hydrogens is 369 g/mol. The van der Waals surface area contributed by atoms with Crippen molar-refractivity contribution in [1.82, 2.24) is 3.97 Å². The van der Waals surface area contributed by atoms with Crippen molar-refractivity contribution in [2.24, 2.45) is 0 Å². The molecule has 0 aliphatic rings. The minimum absolute atomic E-state index is 0.219. The van der Waals surface area contributed by atoms with E-state index in [-0.39, 0.29) is 10.3 Å². The van der Waals surface area contributed by atoms with Crippen LogP contribution in [0.1, 0.15) is 11.3 Å². The Kier molecular flexibility index (Phi) is 3.61. The van der Waals surface area contributed by atoms with E-state index in [1.165, 1.54) is 10.0 Å². The Labute approximate surface area is 136 Å². The quantitative estimate of drug-likeness (QED) is 0.659. The summed E-state index contributed by atoms with van der Waals surface area (Å²) in [6, 6.07) is 11.2. The summed E-state index contributed by atoms with van der Waals surface area (Å²) in [6.07, 6.45) is 0. The Hall–Kier alpha value is -1.66. The van der Waals surface area contributed by atoms with Crippen LogP contribution in [0.2, 0.25) is 0 Å². The van der Waals surface area contributed by atoms with Gasteiger partial charge in [0.2, 0.25) is 0 Å². The maximum Gasteiger partial charge on any atom is 0.268 e. The van der Waals surface area contributed by atoms with Crippen LogP contribution >= 0.6 is 15.9 Å². The van der Waals surface area contributed by atoms with Crippen molar-refractivity contribution in [2.75, 3.05) is 0 Å². The normalized spacial score (nSPS) is 12.0. The van der Waals surface area contributed by atoms with Gasteiger partial charge in [0.15, 0.2) is 0 Å². The molecule has 3 rings (SSSR count). The van der Waals surface area contributed by atoms with E-state index in [0.717, 1.165) is 0 Å². The molecule has 0 amide bonds. The lowest BCUT2D eigenvalue weighted by Gasteiger charge is -2.12. The first-order valence-electron chi connectivity index (χ1n) is 6.60. The molecule has 2 aromatic carbocycles. The van der Waals surface area contributed by atoms with E-state index in [1.807, 2.05) is 0 Å². The Balaban J connectivity index is 2.40. The van der Waals surface area contributed by atoms with Crippen molar-refractivity contribution >= 4 is 36.9 Å². The number of halogens is 2. The summed E-state index contributed by atoms with van der Waals surface area (Å²) in [4.78, 5) is 0.219. The summed E-state index contributed by atoms with van der Waals surface area (Å²) < 4.78 is 41.8. The molecule has 0 saturated heterocycles. The summed E-state index contributed by atoms with van der Waals surface area (Å²) >= 11 is 3.22. The minimum Gasteiger partial charge on any atom is -0.238 e. The topological polar surface area (TPSA) is 39.1 Å². The van der Waals surface area contributed by atoms with Crippen molar-refractivity contribution in [3.05, 3.63) is 64.0 Å². The summed E-state index contributed by atoms with van der Waals surface area (Å²) in [5.74, 6) is -0.453. The third kappa shape index (κ3) is 2.27. The molecule has 114 valence electrons. The average Bonchev–Trinajstić information content (AvgIpc) is 2.76. The molecule has 0 N–H and O–H groups in total. The van der Waals surface area contributed by atoms with Crippen molar-refractivity contribution in [2.45, 2.75) is 18.7 Å². The SMILES string of the molecule is Cc1ccccc1S(=O)(=O)n1c(C)cc2c(F)cc(Br)cc21. The fourth-order valence-electron chi connectivity index (χ4n) is 2.60. The fraction of sp³-hybridized carbons (Fsp3) is 0.125. The lowest BCUT2D eigenvalue weighted by Crippen LogP contribution is -2.15. The fourth-order valence-corrected chi connectivity index (χ4v) is 4.78. The highest BCUT2D eigenvalue weighted by Gasteiger charge is 2.24. The van der Waals surface area contributed by atoms with Crippen LogP contribution in [0, 0.1) is 19.7 Å². The van der Waals surface area contributed by atoms with E-state index < -0.39 is 15.8 Å². The average molecular weight is 382 g/mol. The lowest BCUT2D eigenvalue weighted by atomic mass is 10.2. The first-order chi connectivity index (χ1) is 10.3. The smallest absolute Gasteiger partial charge is 0.238 e. The Morgan fingerprint density at radius 1 is 1.09 bits per heavy atom. The lowest BCUT2D eigenvalue weighted by molar-refractivity contribution is 0.587. The predicted molar refractivity (Wildman–Crippen MR) is 88.1 cm³/mol. The first kappa shape index (κ1) is 15.2. The summed E-state index contributed by atoms with van der Waals surface area (Å²) in [5.41, 5.74) is 1.45. The van der Waals surface area contributed by atoms with E-state index in [1.54, 1.807) is 50.2 Å². The highest BCUT2D eigenvalue weighted by molar-refractivity contribution is 9.10. The number of benzene rings is 2. The molecular formula is C16H13BrFNO2S. The van der Waals surface area contributed by atoms with E-state index in [4.69, 9.17) is 0 Å². The van der Waals surface area contributed by atoms with Gasteiger partial charge < -0.3 is 0 Å². The zero-order chi connectivity index (χ0) is 16.1. The maximum atomic E-state index is 14.1. The summed E-state index contributed by atoms with van der Waals surface area (Å²) in [5, 5.41) is 0.290. The van der Waals surface area contributed by atoms with Crippen LogP contribution in [0.25, 0.3) is 10.9 Å². The van der Waals surface area contributed by atoms with Crippen molar-refractivity contribution in [3.63, 3.8) is 0 Å². The predicted octanol–water partition coefficient (Wildman–Crippen LogP) is 4.40. The van der Waals surface area contributed by atoms with E-state index in [2.05, 4.69) is 15.9 Å². The molecule has 0 bridgehead atoms. The zero-order valence-corrected chi connectivity index (χ0v) is 14.4. The van der Waals surface area contributed by atoms with Crippen LogP contribution in [0.15, 0.2) is 51.8 Å². The minimum atomic E-state index is -3.79. The van der Waals surface area contributed by atoms with Crippen LogP contribution in [0.5, 0.6) is 0 Å². The Morgan fingerprint density at radius 2 is 1.77 bits per heavy atom. The summed E-state index contributed by atoms with van der Waals surface area (Å²) in [6.45, 7) is 3.40. The molecule has 22 heavy (non-hydrogen) atoms. The molecule has 0 aliphatic carbocycles. The van der Waals surface area contributed by atoms with Gasteiger partial charge in [0.25, 0.3) is 10.0 Å². The standard InChI is InChI=1S/C16H13BrFNO2S/c1-10-5-3-4-6-16(10)22(20,21)19-11(2)7-13-14(18)8-12(17)9-15(13)19/h3-9H,1-2H3. The van der Waals surface area contributed by atoms with Crippen LogP contribution in [-0.4, -0.2) is 12.4 Å². The van der Waals surface area contributed by atoms with Crippen LogP contribution in [-0.2, 0) is 10.0 Å². The number of nitrogens with zero attached hydrogens (tertiary/aromatic N) is 1. The molecule has 0 aliphatic heterocycles. The molecule has 1 aromatic heterocycles. The van der Waals surface area contributed by atoms with E-state index >= 15 is 0 Å². The largest absolute Gasteiger partial charge is 0.268 e. The molecule has 3 aromatic rings. The molecule has 0 atom stereocenters. The molecule has 0 saturated carbocycles. The van der Waals surface area contributed by atoms with Gasteiger partial charge in [0, 0.05) is 15.6 Å². The van der Waals surface area contributed by atoms with Gasteiger partial charge in [-0.3, -0.25) is 0 Å². The highest BCUT2D eigenvalue weighted by Crippen LogP contribution is 2.30. The Morgan fingerprint density at radius 3 is 2.45 bits per heavy atom. The number of fused-ring (bicyclic) bond motifs is 1.